The summed E-state index contributed by atoms with van der Waals surface area (Å²) in [4.78, 5) is 6.29. The molecule has 0 aliphatic heterocycles. The molecule has 0 unspecified atom stereocenters. The summed E-state index contributed by atoms with van der Waals surface area (Å²) in [5, 5.41) is 4.06. The molecule has 1 aromatic heterocycles. The molecule has 0 aliphatic carbocycles. The van der Waals surface area contributed by atoms with Crippen LogP contribution in [0.4, 0.5) is 5.95 Å². The van der Waals surface area contributed by atoms with Crippen LogP contribution in [0.15, 0.2) is 4.73 Å². The van der Waals surface area contributed by atoms with Crippen molar-refractivity contribution < 1.29 is 0 Å². The fourth-order valence-electron chi connectivity index (χ4n) is 1.26. The Bertz CT molecular complexity index is 281. The summed E-state index contributed by atoms with van der Waals surface area (Å²) in [6.07, 6.45) is 0. The third-order valence-electron chi connectivity index (χ3n) is 2.17. The molecule has 0 bridgehead atoms. The molecule has 0 fully saturated rings. The number of rotatable bonds is 5. The van der Waals surface area contributed by atoms with Crippen molar-refractivity contribution in [1.82, 2.24) is 19.7 Å². The van der Waals surface area contributed by atoms with E-state index in [1.165, 1.54) is 0 Å². The van der Waals surface area contributed by atoms with Crippen LogP contribution in [0, 0.1) is 0 Å². The highest BCUT2D eigenvalue weighted by Gasteiger charge is 2.05. The second kappa shape index (κ2) is 5.31. The van der Waals surface area contributed by atoms with Gasteiger partial charge in [0.15, 0.2) is 4.73 Å². The minimum absolute atomic E-state index is 0.316. The molecule has 0 spiro atoms. The molecule has 1 aromatic rings. The van der Waals surface area contributed by atoms with Crippen LogP contribution in [0.2, 0.25) is 0 Å². The first kappa shape index (κ1) is 11.5. The van der Waals surface area contributed by atoms with Crippen LogP contribution in [0.3, 0.4) is 0 Å². The van der Waals surface area contributed by atoms with Gasteiger partial charge in [-0.3, -0.25) is 0 Å². The number of halogens is 1. The fourth-order valence-corrected chi connectivity index (χ4v) is 1.70. The number of likely N-dealkylation sites (N-methyl/N-ethyl adjacent to an activating group) is 1. The van der Waals surface area contributed by atoms with Gasteiger partial charge in [0, 0.05) is 6.54 Å². The van der Waals surface area contributed by atoms with Crippen molar-refractivity contribution in [1.29, 1.82) is 0 Å². The van der Waals surface area contributed by atoms with Crippen molar-refractivity contribution in [3.63, 3.8) is 0 Å². The van der Waals surface area contributed by atoms with Gasteiger partial charge in [0.2, 0.25) is 5.95 Å². The Balaban J connectivity index is 2.48. The molecule has 0 aliphatic rings. The Morgan fingerprint density at radius 2 is 2.07 bits per heavy atom. The molecular formula is C8H16BrN5. The quantitative estimate of drug-likeness (QED) is 0.858. The van der Waals surface area contributed by atoms with E-state index in [1.54, 1.807) is 4.68 Å². The largest absolute Gasteiger partial charge is 0.366 e. The van der Waals surface area contributed by atoms with E-state index in [0.717, 1.165) is 26.2 Å². The maximum Gasteiger partial charge on any atom is 0.240 e. The standard InChI is InChI=1S/C8H16BrN5/c1-3-13(4-2)5-6-14-7(9)11-8(10)12-14/h3-6H2,1-2H3,(H2,10,12). The highest BCUT2D eigenvalue weighted by molar-refractivity contribution is 9.10. The molecule has 80 valence electrons. The van der Waals surface area contributed by atoms with Gasteiger partial charge in [0.1, 0.15) is 0 Å². The minimum atomic E-state index is 0.316. The molecule has 0 amide bonds. The van der Waals surface area contributed by atoms with Gasteiger partial charge >= 0.3 is 0 Å². The zero-order valence-electron chi connectivity index (χ0n) is 8.57. The zero-order valence-corrected chi connectivity index (χ0v) is 10.2. The van der Waals surface area contributed by atoms with Crippen LogP contribution in [0.25, 0.3) is 0 Å². The van der Waals surface area contributed by atoms with Crippen molar-refractivity contribution in [3.05, 3.63) is 4.73 Å². The first-order valence-corrected chi connectivity index (χ1v) is 5.54. The van der Waals surface area contributed by atoms with Gasteiger partial charge in [0.05, 0.1) is 6.54 Å². The molecule has 0 aromatic carbocycles. The second-order valence-corrected chi connectivity index (χ2v) is 3.70. The number of hydrogen-bond acceptors (Lipinski definition) is 4. The van der Waals surface area contributed by atoms with Crippen LogP contribution < -0.4 is 5.73 Å². The van der Waals surface area contributed by atoms with E-state index in [1.807, 2.05) is 0 Å². The van der Waals surface area contributed by atoms with Gasteiger partial charge in [-0.1, -0.05) is 13.8 Å². The maximum absolute atomic E-state index is 5.46. The van der Waals surface area contributed by atoms with Crippen LogP contribution in [-0.2, 0) is 6.54 Å². The number of nitrogens with zero attached hydrogens (tertiary/aromatic N) is 4. The summed E-state index contributed by atoms with van der Waals surface area (Å²) >= 11 is 3.30. The molecule has 0 saturated heterocycles. The molecule has 1 rings (SSSR count). The number of anilines is 1. The van der Waals surface area contributed by atoms with E-state index >= 15 is 0 Å². The van der Waals surface area contributed by atoms with Gasteiger partial charge in [-0.25, -0.2) is 4.68 Å². The molecule has 0 atom stereocenters. The monoisotopic (exact) mass is 261 g/mol. The highest BCUT2D eigenvalue weighted by Crippen LogP contribution is 2.07. The van der Waals surface area contributed by atoms with Gasteiger partial charge in [-0.05, 0) is 29.0 Å². The molecule has 6 heteroatoms. The Morgan fingerprint density at radius 1 is 1.43 bits per heavy atom. The molecule has 0 saturated carbocycles. The van der Waals surface area contributed by atoms with Crippen LogP contribution in [0.5, 0.6) is 0 Å². The van der Waals surface area contributed by atoms with Gasteiger partial charge in [0.25, 0.3) is 0 Å². The normalized spacial score (nSPS) is 11.1. The van der Waals surface area contributed by atoms with E-state index < -0.39 is 0 Å². The summed E-state index contributed by atoms with van der Waals surface area (Å²) in [6.45, 7) is 8.18. The van der Waals surface area contributed by atoms with E-state index in [0.29, 0.717) is 10.7 Å². The average molecular weight is 262 g/mol. The fraction of sp³-hybridized carbons (Fsp3) is 0.750. The summed E-state index contributed by atoms with van der Waals surface area (Å²) in [6, 6.07) is 0. The Labute approximate surface area is 92.4 Å². The summed E-state index contributed by atoms with van der Waals surface area (Å²) in [7, 11) is 0. The molecule has 2 N–H and O–H groups in total. The van der Waals surface area contributed by atoms with Crippen LogP contribution >= 0.6 is 15.9 Å². The number of aromatic nitrogens is 3. The number of nitrogen functional groups attached to an aromatic ring is 1. The van der Waals surface area contributed by atoms with Gasteiger partial charge < -0.3 is 10.6 Å². The van der Waals surface area contributed by atoms with Crippen molar-refractivity contribution in [2.75, 3.05) is 25.4 Å². The Morgan fingerprint density at radius 3 is 2.50 bits per heavy atom. The van der Waals surface area contributed by atoms with Crippen LogP contribution in [0.1, 0.15) is 13.8 Å². The minimum Gasteiger partial charge on any atom is -0.366 e. The second-order valence-electron chi connectivity index (χ2n) is 2.99. The SMILES string of the molecule is CCN(CC)CCn1nc(N)nc1Br. The van der Waals surface area contributed by atoms with Crippen LogP contribution in [-0.4, -0.2) is 39.3 Å². The zero-order chi connectivity index (χ0) is 10.6. The van der Waals surface area contributed by atoms with Gasteiger partial charge in [-0.2, -0.15) is 4.98 Å². The Hall–Kier alpha value is -0.620. The molecule has 14 heavy (non-hydrogen) atoms. The van der Waals surface area contributed by atoms with Crippen molar-refractivity contribution >= 4 is 21.9 Å². The third-order valence-corrected chi connectivity index (χ3v) is 2.75. The van der Waals surface area contributed by atoms with E-state index in [-0.39, 0.29) is 0 Å². The van der Waals surface area contributed by atoms with E-state index in [2.05, 4.69) is 44.8 Å². The number of hydrogen-bond donors (Lipinski definition) is 1. The first-order chi connectivity index (χ1) is 6.67. The van der Waals surface area contributed by atoms with Crippen molar-refractivity contribution in [2.24, 2.45) is 0 Å². The molecular weight excluding hydrogens is 246 g/mol. The summed E-state index contributed by atoms with van der Waals surface area (Å²) in [5.41, 5.74) is 5.46. The lowest BCUT2D eigenvalue weighted by Crippen LogP contribution is -2.27. The van der Waals surface area contributed by atoms with Gasteiger partial charge in [-0.15, -0.1) is 5.10 Å². The van der Waals surface area contributed by atoms with Crippen molar-refractivity contribution in [3.8, 4) is 0 Å². The lowest BCUT2D eigenvalue weighted by molar-refractivity contribution is 0.284. The highest BCUT2D eigenvalue weighted by atomic mass is 79.9. The molecule has 5 nitrogen and oxygen atoms in total. The first-order valence-electron chi connectivity index (χ1n) is 4.75. The molecule has 1 heterocycles. The predicted octanol–water partition coefficient (Wildman–Crippen LogP) is 0.965. The third kappa shape index (κ3) is 2.95. The topological polar surface area (TPSA) is 60.0 Å². The smallest absolute Gasteiger partial charge is 0.240 e. The Kier molecular flexibility index (Phi) is 4.34. The van der Waals surface area contributed by atoms with Crippen molar-refractivity contribution in [2.45, 2.75) is 20.4 Å². The predicted molar refractivity (Wildman–Crippen MR) is 59.9 cm³/mol. The van der Waals surface area contributed by atoms with E-state index in [9.17, 15) is 0 Å². The lowest BCUT2D eigenvalue weighted by Gasteiger charge is -2.17. The average Bonchev–Trinajstić information content (AvgIpc) is 2.47. The summed E-state index contributed by atoms with van der Waals surface area (Å²) < 4.78 is 2.47. The maximum atomic E-state index is 5.46. The number of nitrogens with two attached hydrogens (primary N) is 1. The summed E-state index contributed by atoms with van der Waals surface area (Å²) in [5.74, 6) is 0.316. The molecule has 0 radical (unpaired) electrons. The lowest BCUT2D eigenvalue weighted by atomic mass is 10.5. The van der Waals surface area contributed by atoms with E-state index in [4.69, 9.17) is 5.73 Å².